The zero-order chi connectivity index (χ0) is 13.9. The van der Waals surface area contributed by atoms with Crippen LogP contribution in [-0.2, 0) is 14.3 Å². The van der Waals surface area contributed by atoms with Gasteiger partial charge in [-0.1, -0.05) is 0 Å². The number of Topliss-reactive ketones (excluding diaryl/α,β-unsaturated/α-hetero) is 2. The van der Waals surface area contributed by atoms with Crippen LogP contribution in [0.2, 0.25) is 0 Å². The Morgan fingerprint density at radius 2 is 1.78 bits per heavy atom. The normalized spacial score (nSPS) is 10.0. The summed E-state index contributed by atoms with van der Waals surface area (Å²) in [5, 5.41) is 0. The van der Waals surface area contributed by atoms with Gasteiger partial charge < -0.3 is 4.74 Å². The molecule has 0 aliphatic carbocycles. The van der Waals surface area contributed by atoms with Crippen molar-refractivity contribution in [1.29, 1.82) is 0 Å². The van der Waals surface area contributed by atoms with Crippen LogP contribution in [0, 0.1) is 18.6 Å². The number of esters is 1. The molecule has 0 N–H and O–H groups in total. The van der Waals surface area contributed by atoms with E-state index in [1.165, 1.54) is 6.92 Å². The SMILES string of the molecule is COC(=O)C(=O)CC(=O)c1cc(F)c(C)cc1F. The molecule has 96 valence electrons. The van der Waals surface area contributed by atoms with E-state index in [4.69, 9.17) is 0 Å². The minimum atomic E-state index is -1.20. The van der Waals surface area contributed by atoms with Crippen molar-refractivity contribution in [3.05, 3.63) is 34.9 Å². The number of carbonyl (C=O) groups is 3. The van der Waals surface area contributed by atoms with Crippen LogP contribution >= 0.6 is 0 Å². The van der Waals surface area contributed by atoms with Crippen LogP contribution in [0.5, 0.6) is 0 Å². The maximum Gasteiger partial charge on any atom is 0.374 e. The molecule has 0 radical (unpaired) electrons. The summed E-state index contributed by atoms with van der Waals surface area (Å²) in [5.41, 5.74) is -0.515. The van der Waals surface area contributed by atoms with Gasteiger partial charge in [0.25, 0.3) is 0 Å². The van der Waals surface area contributed by atoms with E-state index in [9.17, 15) is 23.2 Å². The van der Waals surface area contributed by atoms with Crippen molar-refractivity contribution < 1.29 is 27.9 Å². The van der Waals surface area contributed by atoms with Crippen molar-refractivity contribution in [1.82, 2.24) is 0 Å². The summed E-state index contributed by atoms with van der Waals surface area (Å²) in [6.07, 6.45) is -0.855. The number of halogens is 2. The Morgan fingerprint density at radius 3 is 2.33 bits per heavy atom. The monoisotopic (exact) mass is 256 g/mol. The lowest BCUT2D eigenvalue weighted by molar-refractivity contribution is -0.151. The molecule has 18 heavy (non-hydrogen) atoms. The van der Waals surface area contributed by atoms with Crippen LogP contribution in [0.15, 0.2) is 12.1 Å². The van der Waals surface area contributed by atoms with Crippen LogP contribution in [-0.4, -0.2) is 24.6 Å². The van der Waals surface area contributed by atoms with Gasteiger partial charge in [0.05, 0.1) is 19.1 Å². The molecule has 0 heterocycles. The van der Waals surface area contributed by atoms with Crippen LogP contribution in [0.25, 0.3) is 0 Å². The average molecular weight is 256 g/mol. The summed E-state index contributed by atoms with van der Waals surface area (Å²) in [6.45, 7) is 1.34. The summed E-state index contributed by atoms with van der Waals surface area (Å²) in [5.74, 6) is -4.97. The number of methoxy groups -OCH3 is 1. The van der Waals surface area contributed by atoms with Crippen LogP contribution < -0.4 is 0 Å². The van der Waals surface area contributed by atoms with Gasteiger partial charge >= 0.3 is 5.97 Å². The first-order valence-corrected chi connectivity index (χ1v) is 4.96. The van der Waals surface area contributed by atoms with E-state index >= 15 is 0 Å². The zero-order valence-corrected chi connectivity index (χ0v) is 9.75. The molecule has 0 bridgehead atoms. The number of hydrogen-bond donors (Lipinski definition) is 0. The summed E-state index contributed by atoms with van der Waals surface area (Å²) >= 11 is 0. The second-order valence-electron chi connectivity index (χ2n) is 3.60. The highest BCUT2D eigenvalue weighted by Crippen LogP contribution is 2.16. The van der Waals surface area contributed by atoms with E-state index in [1.807, 2.05) is 0 Å². The molecule has 0 unspecified atom stereocenters. The van der Waals surface area contributed by atoms with Gasteiger partial charge in [0.2, 0.25) is 5.78 Å². The van der Waals surface area contributed by atoms with Crippen molar-refractivity contribution in [3.63, 3.8) is 0 Å². The molecule has 0 atom stereocenters. The Morgan fingerprint density at radius 1 is 1.17 bits per heavy atom. The number of ketones is 2. The van der Waals surface area contributed by atoms with E-state index in [1.54, 1.807) is 0 Å². The highest BCUT2D eigenvalue weighted by atomic mass is 19.1. The van der Waals surface area contributed by atoms with Crippen LogP contribution in [0.1, 0.15) is 22.3 Å². The quantitative estimate of drug-likeness (QED) is 0.355. The van der Waals surface area contributed by atoms with Crippen LogP contribution in [0.4, 0.5) is 8.78 Å². The minimum absolute atomic E-state index is 0.0448. The van der Waals surface area contributed by atoms with Gasteiger partial charge in [0.1, 0.15) is 11.6 Å². The second kappa shape index (κ2) is 5.48. The molecule has 0 aliphatic rings. The number of rotatable bonds is 4. The van der Waals surface area contributed by atoms with Crippen molar-refractivity contribution in [2.45, 2.75) is 13.3 Å². The molecule has 1 aromatic rings. The van der Waals surface area contributed by atoms with Crippen molar-refractivity contribution >= 4 is 17.5 Å². The predicted molar refractivity (Wildman–Crippen MR) is 57.1 cm³/mol. The van der Waals surface area contributed by atoms with E-state index in [-0.39, 0.29) is 5.56 Å². The van der Waals surface area contributed by atoms with Gasteiger partial charge in [-0.25, -0.2) is 13.6 Å². The Bertz CT molecular complexity index is 523. The molecule has 1 aromatic carbocycles. The maximum absolute atomic E-state index is 13.4. The van der Waals surface area contributed by atoms with Gasteiger partial charge in [-0.3, -0.25) is 9.59 Å². The number of aryl methyl sites for hydroxylation is 1. The smallest absolute Gasteiger partial charge is 0.374 e. The molecular formula is C12H10F2O4. The van der Waals surface area contributed by atoms with Gasteiger partial charge in [0.15, 0.2) is 5.78 Å². The lowest BCUT2D eigenvalue weighted by Crippen LogP contribution is -2.20. The van der Waals surface area contributed by atoms with Gasteiger partial charge in [0, 0.05) is 0 Å². The Labute approximate surface area is 102 Å². The fourth-order valence-corrected chi connectivity index (χ4v) is 1.29. The molecule has 0 spiro atoms. The molecule has 6 heteroatoms. The summed E-state index contributed by atoms with van der Waals surface area (Å²) < 4.78 is 30.7. The summed E-state index contributed by atoms with van der Waals surface area (Å²) in [7, 11) is 0.983. The third-order valence-electron chi connectivity index (χ3n) is 2.28. The second-order valence-corrected chi connectivity index (χ2v) is 3.60. The van der Waals surface area contributed by atoms with Crippen LogP contribution in [0.3, 0.4) is 0 Å². The molecule has 1 rings (SSSR count). The van der Waals surface area contributed by atoms with Gasteiger partial charge in [-0.15, -0.1) is 0 Å². The Hall–Kier alpha value is -2.11. The fraction of sp³-hybridized carbons (Fsp3) is 0.250. The molecule has 0 aromatic heterocycles. The first-order chi connectivity index (χ1) is 8.36. The van der Waals surface area contributed by atoms with Crippen molar-refractivity contribution in [2.75, 3.05) is 7.11 Å². The molecule has 4 nitrogen and oxygen atoms in total. The maximum atomic E-state index is 13.4. The molecular weight excluding hydrogens is 246 g/mol. The Balaban J connectivity index is 2.95. The van der Waals surface area contributed by atoms with E-state index in [0.29, 0.717) is 6.07 Å². The van der Waals surface area contributed by atoms with E-state index < -0.39 is 41.2 Å². The highest BCUT2D eigenvalue weighted by molar-refractivity contribution is 6.38. The number of hydrogen-bond acceptors (Lipinski definition) is 4. The summed E-state index contributed by atoms with van der Waals surface area (Å²) in [6, 6.07) is 1.56. The zero-order valence-electron chi connectivity index (χ0n) is 9.75. The topological polar surface area (TPSA) is 60.4 Å². The van der Waals surface area contributed by atoms with E-state index in [2.05, 4.69) is 4.74 Å². The van der Waals surface area contributed by atoms with Gasteiger partial charge in [-0.2, -0.15) is 0 Å². The fourth-order valence-electron chi connectivity index (χ4n) is 1.29. The minimum Gasteiger partial charge on any atom is -0.463 e. The number of benzene rings is 1. The predicted octanol–water partition coefficient (Wildman–Crippen LogP) is 1.59. The molecule has 0 saturated heterocycles. The standard InChI is InChI=1S/C12H10F2O4/c1-6-3-9(14)7(4-8(6)13)10(15)5-11(16)12(17)18-2/h3-4H,5H2,1-2H3. The highest BCUT2D eigenvalue weighted by Gasteiger charge is 2.22. The van der Waals surface area contributed by atoms with Gasteiger partial charge in [-0.05, 0) is 24.6 Å². The molecule has 0 amide bonds. The van der Waals surface area contributed by atoms with E-state index in [0.717, 1.165) is 13.2 Å². The lowest BCUT2D eigenvalue weighted by atomic mass is 10.0. The first kappa shape index (κ1) is 14.0. The van der Waals surface area contributed by atoms with Crippen molar-refractivity contribution in [3.8, 4) is 0 Å². The number of carbonyl (C=O) groups excluding carboxylic acids is 3. The first-order valence-electron chi connectivity index (χ1n) is 4.96. The number of ether oxygens (including phenoxy) is 1. The molecule has 0 fully saturated rings. The summed E-state index contributed by atoms with van der Waals surface area (Å²) in [4.78, 5) is 33.4. The third kappa shape index (κ3) is 2.97. The Kier molecular flexibility index (Phi) is 4.25. The molecule has 0 saturated carbocycles. The van der Waals surface area contributed by atoms with Crippen molar-refractivity contribution in [2.24, 2.45) is 0 Å². The average Bonchev–Trinajstić information content (AvgIpc) is 2.32. The third-order valence-corrected chi connectivity index (χ3v) is 2.28. The lowest BCUT2D eigenvalue weighted by Gasteiger charge is -2.04. The molecule has 0 aliphatic heterocycles. The largest absolute Gasteiger partial charge is 0.463 e.